The van der Waals surface area contributed by atoms with Crippen molar-refractivity contribution in [3.63, 3.8) is 0 Å². The molecular weight excluding hydrogens is 364 g/mol. The van der Waals surface area contributed by atoms with E-state index in [1.807, 2.05) is 0 Å². The van der Waals surface area contributed by atoms with Crippen LogP contribution in [0.3, 0.4) is 0 Å². The fourth-order valence-corrected chi connectivity index (χ4v) is 3.04. The molecule has 6 nitrogen and oxygen atoms in total. The quantitative estimate of drug-likeness (QED) is 0.835. The molecule has 0 saturated heterocycles. The predicted octanol–water partition coefficient (Wildman–Crippen LogP) is 2.24. The second-order valence-corrected chi connectivity index (χ2v) is 6.94. The van der Waals surface area contributed by atoms with Gasteiger partial charge in [0.15, 0.2) is 11.9 Å². The summed E-state index contributed by atoms with van der Waals surface area (Å²) in [6.07, 6.45) is -1.82. The van der Waals surface area contributed by atoms with Crippen molar-refractivity contribution >= 4 is 21.7 Å². The van der Waals surface area contributed by atoms with Crippen LogP contribution in [0.2, 0.25) is 0 Å². The zero-order valence-electron chi connectivity index (χ0n) is 12.5. The van der Waals surface area contributed by atoms with E-state index in [4.69, 9.17) is 4.74 Å². The lowest BCUT2D eigenvalue weighted by Crippen LogP contribution is -2.47. The van der Waals surface area contributed by atoms with E-state index in [-0.39, 0.29) is 17.2 Å². The molecule has 1 aromatic carbocycles. The number of benzene rings is 1. The maximum Gasteiger partial charge on any atom is 0.264 e. The van der Waals surface area contributed by atoms with Crippen molar-refractivity contribution in [3.8, 4) is 5.88 Å². The van der Waals surface area contributed by atoms with Crippen LogP contribution in [0.4, 0.5) is 0 Å². The maximum atomic E-state index is 12.6. The number of aromatic amines is 1. The number of hydrogen-bond acceptors (Lipinski definition) is 5. The average Bonchev–Trinajstić information content (AvgIpc) is 2.52. The topological polar surface area (TPSA) is 92.3 Å². The number of aromatic nitrogens is 2. The molecule has 120 valence electrons. The second kappa shape index (κ2) is 5.58. The zero-order valence-corrected chi connectivity index (χ0v) is 14.1. The summed E-state index contributed by atoms with van der Waals surface area (Å²) >= 11 is 3.37. The number of rotatable bonds is 2. The first-order chi connectivity index (χ1) is 10.8. The SMILES string of the molecule is CC1(C)C(=O)c2ccc(Br)cc2[C@H](Oc2ccc(=O)[nH]n2)[C@H]1O. The Bertz CT molecular complexity index is 811. The first kappa shape index (κ1) is 15.9. The van der Waals surface area contributed by atoms with Gasteiger partial charge in [-0.05, 0) is 32.0 Å². The van der Waals surface area contributed by atoms with E-state index < -0.39 is 17.6 Å². The molecule has 0 unspecified atom stereocenters. The lowest BCUT2D eigenvalue weighted by Gasteiger charge is -2.40. The molecule has 23 heavy (non-hydrogen) atoms. The smallest absolute Gasteiger partial charge is 0.264 e. The lowest BCUT2D eigenvalue weighted by atomic mass is 9.69. The van der Waals surface area contributed by atoms with E-state index in [0.29, 0.717) is 11.1 Å². The standard InChI is InChI=1S/C16H15BrN2O4/c1-16(2)14(21)9-4-3-8(17)7-10(9)13(15(16)22)23-12-6-5-11(20)18-19-12/h3-7,13,15,22H,1-2H3,(H,18,20)/t13-,15+/m0/s1. The average molecular weight is 379 g/mol. The highest BCUT2D eigenvalue weighted by Gasteiger charge is 2.48. The molecule has 1 aromatic heterocycles. The fourth-order valence-electron chi connectivity index (χ4n) is 2.66. The van der Waals surface area contributed by atoms with Crippen LogP contribution in [0.15, 0.2) is 39.6 Å². The summed E-state index contributed by atoms with van der Waals surface area (Å²) in [5.74, 6) is 0.0338. The molecule has 2 aromatic rings. The fraction of sp³-hybridized carbons (Fsp3) is 0.312. The molecule has 0 fully saturated rings. The Labute approximate surface area is 140 Å². The van der Waals surface area contributed by atoms with Gasteiger partial charge in [0.05, 0.1) is 5.41 Å². The van der Waals surface area contributed by atoms with Crippen molar-refractivity contribution in [1.82, 2.24) is 10.2 Å². The maximum absolute atomic E-state index is 12.6. The zero-order chi connectivity index (χ0) is 16.8. The van der Waals surface area contributed by atoms with E-state index in [2.05, 4.69) is 26.1 Å². The van der Waals surface area contributed by atoms with Gasteiger partial charge in [-0.2, -0.15) is 0 Å². The van der Waals surface area contributed by atoms with Crippen LogP contribution in [0.25, 0.3) is 0 Å². The molecule has 0 amide bonds. The van der Waals surface area contributed by atoms with Crippen molar-refractivity contribution < 1.29 is 14.6 Å². The van der Waals surface area contributed by atoms with Crippen molar-refractivity contribution in [1.29, 1.82) is 0 Å². The van der Waals surface area contributed by atoms with Gasteiger partial charge in [0, 0.05) is 27.7 Å². The van der Waals surface area contributed by atoms with Crippen molar-refractivity contribution in [2.24, 2.45) is 5.41 Å². The van der Waals surface area contributed by atoms with Gasteiger partial charge in [-0.1, -0.05) is 15.9 Å². The number of ether oxygens (including phenoxy) is 1. The van der Waals surface area contributed by atoms with Gasteiger partial charge in [-0.15, -0.1) is 5.10 Å². The molecular formula is C16H15BrN2O4. The Morgan fingerprint density at radius 1 is 1.26 bits per heavy atom. The third kappa shape index (κ3) is 2.70. The number of aliphatic hydroxyl groups excluding tert-OH is 1. The van der Waals surface area contributed by atoms with E-state index in [9.17, 15) is 14.7 Å². The van der Waals surface area contributed by atoms with Gasteiger partial charge in [-0.25, -0.2) is 5.10 Å². The Morgan fingerprint density at radius 3 is 2.65 bits per heavy atom. The Balaban J connectivity index is 2.09. The number of nitrogens with zero attached hydrogens (tertiary/aromatic N) is 1. The van der Waals surface area contributed by atoms with Gasteiger partial charge in [0.1, 0.15) is 6.10 Å². The normalized spacial score (nSPS) is 22.5. The molecule has 1 heterocycles. The molecule has 0 saturated carbocycles. The Kier molecular flexibility index (Phi) is 3.85. The van der Waals surface area contributed by atoms with Crippen molar-refractivity contribution in [2.45, 2.75) is 26.1 Å². The van der Waals surface area contributed by atoms with E-state index in [1.165, 1.54) is 12.1 Å². The summed E-state index contributed by atoms with van der Waals surface area (Å²) in [6.45, 7) is 3.36. The van der Waals surface area contributed by atoms with Gasteiger partial charge in [0.25, 0.3) is 5.56 Å². The molecule has 7 heteroatoms. The first-order valence-electron chi connectivity index (χ1n) is 7.05. The van der Waals surface area contributed by atoms with Crippen LogP contribution in [-0.4, -0.2) is 27.2 Å². The van der Waals surface area contributed by atoms with Crippen LogP contribution in [0, 0.1) is 5.41 Å². The minimum Gasteiger partial charge on any atom is -0.466 e. The number of fused-ring (bicyclic) bond motifs is 1. The van der Waals surface area contributed by atoms with Gasteiger partial charge < -0.3 is 9.84 Å². The van der Waals surface area contributed by atoms with Gasteiger partial charge in [-0.3, -0.25) is 9.59 Å². The molecule has 0 radical (unpaired) electrons. The summed E-state index contributed by atoms with van der Waals surface area (Å²) < 4.78 is 6.56. The monoisotopic (exact) mass is 378 g/mol. The molecule has 0 aliphatic heterocycles. The molecule has 3 rings (SSSR count). The number of aliphatic hydroxyl groups is 1. The summed E-state index contributed by atoms with van der Waals surface area (Å²) in [5, 5.41) is 16.7. The highest BCUT2D eigenvalue weighted by Crippen LogP contribution is 2.43. The molecule has 2 atom stereocenters. The number of H-pyrrole nitrogens is 1. The van der Waals surface area contributed by atoms with Crippen LogP contribution >= 0.6 is 15.9 Å². The van der Waals surface area contributed by atoms with E-state index in [0.717, 1.165) is 4.47 Å². The lowest BCUT2D eigenvalue weighted by molar-refractivity contribution is -0.0382. The summed E-state index contributed by atoms with van der Waals surface area (Å²) in [6, 6.07) is 7.95. The summed E-state index contributed by atoms with van der Waals surface area (Å²) in [5.41, 5.74) is -0.240. The van der Waals surface area contributed by atoms with E-state index in [1.54, 1.807) is 32.0 Å². The van der Waals surface area contributed by atoms with Crippen LogP contribution < -0.4 is 10.3 Å². The van der Waals surface area contributed by atoms with Crippen LogP contribution in [-0.2, 0) is 0 Å². The van der Waals surface area contributed by atoms with Crippen molar-refractivity contribution in [3.05, 3.63) is 56.3 Å². The third-order valence-electron chi connectivity index (χ3n) is 4.08. The second-order valence-electron chi connectivity index (χ2n) is 6.03. The number of nitrogens with one attached hydrogen (secondary N) is 1. The number of Topliss-reactive ketones (excluding diaryl/α,β-unsaturated/α-hetero) is 1. The van der Waals surface area contributed by atoms with Crippen LogP contribution in [0.1, 0.15) is 35.9 Å². The third-order valence-corrected chi connectivity index (χ3v) is 4.57. The molecule has 1 aliphatic rings. The molecule has 0 spiro atoms. The van der Waals surface area contributed by atoms with Crippen LogP contribution in [0.5, 0.6) is 5.88 Å². The predicted molar refractivity (Wildman–Crippen MR) is 86.5 cm³/mol. The summed E-state index contributed by atoms with van der Waals surface area (Å²) in [7, 11) is 0. The summed E-state index contributed by atoms with van der Waals surface area (Å²) in [4.78, 5) is 23.7. The molecule has 1 aliphatic carbocycles. The number of ketones is 1. The van der Waals surface area contributed by atoms with Gasteiger partial charge >= 0.3 is 0 Å². The van der Waals surface area contributed by atoms with E-state index >= 15 is 0 Å². The number of carbonyl (C=O) groups excluding carboxylic acids is 1. The molecule has 2 N–H and O–H groups in total. The number of hydrogen-bond donors (Lipinski definition) is 2. The largest absolute Gasteiger partial charge is 0.466 e. The Hall–Kier alpha value is -1.99. The number of carbonyl (C=O) groups is 1. The number of halogens is 1. The Morgan fingerprint density at radius 2 is 2.00 bits per heavy atom. The highest BCUT2D eigenvalue weighted by molar-refractivity contribution is 9.10. The highest BCUT2D eigenvalue weighted by atomic mass is 79.9. The molecule has 0 bridgehead atoms. The minimum atomic E-state index is -1.05. The van der Waals surface area contributed by atoms with Gasteiger partial charge in [0.2, 0.25) is 5.88 Å². The first-order valence-corrected chi connectivity index (χ1v) is 7.84. The minimum absolute atomic E-state index is 0.137. The van der Waals surface area contributed by atoms with Crippen molar-refractivity contribution in [2.75, 3.05) is 0 Å².